The molecule has 80 valence electrons. The maximum Gasteiger partial charge on any atom is 0.118 e. The highest BCUT2D eigenvalue weighted by molar-refractivity contribution is 5.26. The van der Waals surface area contributed by atoms with E-state index >= 15 is 0 Å². The Morgan fingerprint density at radius 2 is 1.43 bits per heavy atom. The lowest BCUT2D eigenvalue weighted by molar-refractivity contribution is 0.414. The Labute approximate surface area is 88.1 Å². The lowest BCUT2D eigenvalue weighted by Crippen LogP contribution is -1.83. The summed E-state index contributed by atoms with van der Waals surface area (Å²) in [5.41, 5.74) is 1.35. The molecule has 0 bridgehead atoms. The van der Waals surface area contributed by atoms with Crippen LogP contribution in [0.4, 0.5) is 0 Å². The topological polar surface area (TPSA) is 9.23 Å². The monoisotopic (exact) mass is 194 g/mol. The molecule has 1 aromatic rings. The molecule has 14 heavy (non-hydrogen) atoms. The minimum atomic E-state index is 0.928. The molecule has 0 aliphatic heterocycles. The highest BCUT2D eigenvalue weighted by Crippen LogP contribution is 2.10. The van der Waals surface area contributed by atoms with Gasteiger partial charge in [-0.1, -0.05) is 45.7 Å². The first-order chi connectivity index (χ1) is 6.78. The molecule has 0 unspecified atom stereocenters. The van der Waals surface area contributed by atoms with E-state index < -0.39 is 0 Å². The molecule has 0 fully saturated rings. The van der Waals surface area contributed by atoms with Crippen LogP contribution in [0, 0.1) is 0 Å². The van der Waals surface area contributed by atoms with Crippen LogP contribution in [-0.2, 0) is 6.42 Å². The number of rotatable bonds is 3. The summed E-state index contributed by atoms with van der Waals surface area (Å²) in [6.07, 6.45) is 3.73. The molecule has 1 rings (SSSR count). The van der Waals surface area contributed by atoms with E-state index in [-0.39, 0.29) is 0 Å². The number of benzene rings is 1. The van der Waals surface area contributed by atoms with Crippen LogP contribution in [0.5, 0.6) is 5.75 Å². The van der Waals surface area contributed by atoms with E-state index in [1.165, 1.54) is 18.4 Å². The molecule has 0 aliphatic rings. The van der Waals surface area contributed by atoms with Crippen molar-refractivity contribution in [1.29, 1.82) is 0 Å². The zero-order valence-electron chi connectivity index (χ0n) is 9.84. The van der Waals surface area contributed by atoms with Crippen LogP contribution in [0.25, 0.3) is 0 Å². The minimum absolute atomic E-state index is 0.928. The average molecular weight is 194 g/mol. The molecule has 0 heterocycles. The molecule has 1 aromatic carbocycles. The zero-order valence-corrected chi connectivity index (χ0v) is 9.84. The number of hydrogen-bond acceptors (Lipinski definition) is 1. The van der Waals surface area contributed by atoms with Crippen molar-refractivity contribution in [3.8, 4) is 5.75 Å². The van der Waals surface area contributed by atoms with Crippen LogP contribution in [0.15, 0.2) is 24.3 Å². The lowest BCUT2D eigenvalue weighted by atomic mass is 10.2. The van der Waals surface area contributed by atoms with Gasteiger partial charge < -0.3 is 4.74 Å². The van der Waals surface area contributed by atoms with Gasteiger partial charge >= 0.3 is 0 Å². The summed E-state index contributed by atoms with van der Waals surface area (Å²) in [5.74, 6) is 0.928. The molecule has 0 atom stereocenters. The van der Waals surface area contributed by atoms with Crippen molar-refractivity contribution in [2.45, 2.75) is 40.0 Å². The Balaban J connectivity index is 0.000000364. The average Bonchev–Trinajstić information content (AvgIpc) is 2.29. The van der Waals surface area contributed by atoms with Gasteiger partial charge in [0.1, 0.15) is 5.75 Å². The van der Waals surface area contributed by atoms with Crippen LogP contribution in [0.1, 0.15) is 39.2 Å². The van der Waals surface area contributed by atoms with Crippen LogP contribution < -0.4 is 4.74 Å². The fourth-order valence-electron chi connectivity index (χ4n) is 0.861. The summed E-state index contributed by atoms with van der Waals surface area (Å²) >= 11 is 0. The number of ether oxygens (including phenoxy) is 1. The Morgan fingerprint density at radius 1 is 0.929 bits per heavy atom. The Morgan fingerprint density at radius 3 is 1.71 bits per heavy atom. The minimum Gasteiger partial charge on any atom is -0.497 e. The maximum absolute atomic E-state index is 5.01. The van der Waals surface area contributed by atoms with Crippen LogP contribution in [0.3, 0.4) is 0 Å². The maximum atomic E-state index is 5.01. The molecule has 0 saturated carbocycles. The molecule has 1 heteroatoms. The molecule has 1 nitrogen and oxygen atoms in total. The van der Waals surface area contributed by atoms with Crippen molar-refractivity contribution in [2.75, 3.05) is 7.11 Å². The van der Waals surface area contributed by atoms with Crippen molar-refractivity contribution in [2.24, 2.45) is 0 Å². The molecule has 0 amide bonds. The van der Waals surface area contributed by atoms with Crippen molar-refractivity contribution in [1.82, 2.24) is 0 Å². The third kappa shape index (κ3) is 5.63. The van der Waals surface area contributed by atoms with E-state index in [1.807, 2.05) is 12.1 Å². The summed E-state index contributed by atoms with van der Waals surface area (Å²) in [6, 6.07) is 8.13. The second-order valence-corrected chi connectivity index (χ2v) is 3.20. The van der Waals surface area contributed by atoms with E-state index in [4.69, 9.17) is 4.74 Å². The first-order valence-electron chi connectivity index (χ1n) is 5.41. The van der Waals surface area contributed by atoms with Crippen LogP contribution in [-0.4, -0.2) is 7.11 Å². The largest absolute Gasteiger partial charge is 0.497 e. The molecular formula is C13H22O. The normalized spacial score (nSPS) is 8.86. The fourth-order valence-corrected chi connectivity index (χ4v) is 0.861. The van der Waals surface area contributed by atoms with Crippen LogP contribution in [0.2, 0.25) is 0 Å². The lowest BCUT2D eigenvalue weighted by Gasteiger charge is -1.99. The third-order valence-corrected chi connectivity index (χ3v) is 2.07. The predicted octanol–water partition coefficient (Wildman–Crippen LogP) is 4.06. The van der Waals surface area contributed by atoms with Gasteiger partial charge in [-0.3, -0.25) is 0 Å². The van der Waals surface area contributed by atoms with E-state index in [1.54, 1.807) is 7.11 Å². The first kappa shape index (κ1) is 13.0. The quantitative estimate of drug-likeness (QED) is 0.705. The summed E-state index contributed by atoms with van der Waals surface area (Å²) in [6.45, 7) is 6.50. The van der Waals surface area contributed by atoms with Gasteiger partial charge in [-0.05, 0) is 24.1 Å². The predicted molar refractivity (Wildman–Crippen MR) is 63.0 cm³/mol. The van der Waals surface area contributed by atoms with E-state index in [2.05, 4.69) is 32.9 Å². The Kier molecular flexibility index (Phi) is 8.01. The van der Waals surface area contributed by atoms with Crippen molar-refractivity contribution in [3.05, 3.63) is 29.8 Å². The standard InChI is InChI=1S/C9H12O.C4H10/c1-3-8-4-6-9(10-2)7-5-8;1-3-4-2/h4-7H,3H2,1-2H3;3-4H2,1-2H3. The van der Waals surface area contributed by atoms with Crippen molar-refractivity contribution < 1.29 is 4.74 Å². The van der Waals surface area contributed by atoms with Gasteiger partial charge in [0.2, 0.25) is 0 Å². The number of methoxy groups -OCH3 is 1. The van der Waals surface area contributed by atoms with Gasteiger partial charge in [-0.25, -0.2) is 0 Å². The van der Waals surface area contributed by atoms with Gasteiger partial charge in [0.25, 0.3) is 0 Å². The summed E-state index contributed by atoms with van der Waals surface area (Å²) in [5, 5.41) is 0. The van der Waals surface area contributed by atoms with E-state index in [9.17, 15) is 0 Å². The van der Waals surface area contributed by atoms with Gasteiger partial charge in [0, 0.05) is 0 Å². The number of aryl methyl sites for hydroxylation is 1. The smallest absolute Gasteiger partial charge is 0.118 e. The number of unbranched alkanes of at least 4 members (excludes halogenated alkanes) is 1. The summed E-state index contributed by atoms with van der Waals surface area (Å²) in [4.78, 5) is 0. The molecule has 0 saturated heterocycles. The summed E-state index contributed by atoms with van der Waals surface area (Å²) in [7, 11) is 1.68. The highest BCUT2D eigenvalue weighted by Gasteiger charge is 1.89. The van der Waals surface area contributed by atoms with Gasteiger partial charge in [0.05, 0.1) is 7.11 Å². The number of hydrogen-bond donors (Lipinski definition) is 0. The van der Waals surface area contributed by atoms with Gasteiger partial charge in [-0.2, -0.15) is 0 Å². The molecule has 0 spiro atoms. The van der Waals surface area contributed by atoms with Gasteiger partial charge in [-0.15, -0.1) is 0 Å². The fraction of sp³-hybridized carbons (Fsp3) is 0.538. The van der Waals surface area contributed by atoms with Crippen molar-refractivity contribution in [3.63, 3.8) is 0 Å². The summed E-state index contributed by atoms with van der Waals surface area (Å²) < 4.78 is 5.01. The van der Waals surface area contributed by atoms with Crippen molar-refractivity contribution >= 4 is 0 Å². The molecule has 0 aromatic heterocycles. The van der Waals surface area contributed by atoms with Gasteiger partial charge in [0.15, 0.2) is 0 Å². The zero-order chi connectivity index (χ0) is 10.8. The third-order valence-electron chi connectivity index (χ3n) is 2.07. The van der Waals surface area contributed by atoms with Crippen LogP contribution >= 0.6 is 0 Å². The highest BCUT2D eigenvalue weighted by atomic mass is 16.5. The molecule has 0 radical (unpaired) electrons. The molecule has 0 aliphatic carbocycles. The Hall–Kier alpha value is -0.980. The van der Waals surface area contributed by atoms with E-state index in [0.717, 1.165) is 12.2 Å². The second-order valence-electron chi connectivity index (χ2n) is 3.20. The molecular weight excluding hydrogens is 172 g/mol. The SMILES string of the molecule is CCCC.CCc1ccc(OC)cc1. The van der Waals surface area contributed by atoms with E-state index in [0.29, 0.717) is 0 Å². The first-order valence-corrected chi connectivity index (χ1v) is 5.41. The second kappa shape index (κ2) is 8.61. The Bertz CT molecular complexity index is 188. The molecule has 0 N–H and O–H groups in total.